The van der Waals surface area contributed by atoms with E-state index in [0.717, 1.165) is 0 Å². The van der Waals surface area contributed by atoms with Crippen LogP contribution in [-0.4, -0.2) is 23.8 Å². The van der Waals surface area contributed by atoms with Gasteiger partial charge in [-0.2, -0.15) is 0 Å². The van der Waals surface area contributed by atoms with E-state index in [0.29, 0.717) is 5.56 Å². The van der Waals surface area contributed by atoms with Crippen LogP contribution in [-0.2, 0) is 11.3 Å². The number of nitrogens with one attached hydrogen (secondary N) is 1. The molecule has 0 saturated heterocycles. The van der Waals surface area contributed by atoms with Crippen molar-refractivity contribution in [3.63, 3.8) is 0 Å². The van der Waals surface area contributed by atoms with Crippen molar-refractivity contribution in [3.8, 4) is 5.88 Å². The third-order valence-electron chi connectivity index (χ3n) is 1.89. The summed E-state index contributed by atoms with van der Waals surface area (Å²) < 4.78 is 23.1. The molecule has 0 saturated carbocycles. The van der Waals surface area contributed by atoms with E-state index < -0.39 is 17.5 Å². The van der Waals surface area contributed by atoms with Crippen LogP contribution in [0.1, 0.15) is 26.3 Å². The monoisotopic (exact) mass is 256 g/mol. The van der Waals surface area contributed by atoms with Crippen LogP contribution in [0.5, 0.6) is 5.88 Å². The summed E-state index contributed by atoms with van der Waals surface area (Å²) in [4.78, 5) is 15.1. The van der Waals surface area contributed by atoms with Gasteiger partial charge >= 0.3 is 6.09 Å². The molecule has 0 bridgehead atoms. The normalized spacial score (nSPS) is 10.9. The lowest BCUT2D eigenvalue weighted by molar-refractivity contribution is 0.0523. The molecule has 1 aromatic heterocycles. The number of rotatable bonds is 3. The van der Waals surface area contributed by atoms with Gasteiger partial charge in [-0.15, -0.1) is 0 Å². The second kappa shape index (κ2) is 5.66. The molecule has 0 spiro atoms. The summed E-state index contributed by atoms with van der Waals surface area (Å²) in [5.41, 5.74) is -0.0350. The van der Waals surface area contributed by atoms with Gasteiger partial charge in [0.1, 0.15) is 5.60 Å². The van der Waals surface area contributed by atoms with Crippen molar-refractivity contribution < 1.29 is 18.7 Å². The molecule has 100 valence electrons. The fourth-order valence-corrected chi connectivity index (χ4v) is 1.20. The first-order chi connectivity index (χ1) is 8.31. The summed E-state index contributed by atoms with van der Waals surface area (Å²) in [7, 11) is 1.34. The van der Waals surface area contributed by atoms with E-state index in [4.69, 9.17) is 9.47 Å². The topological polar surface area (TPSA) is 60.5 Å². The lowest BCUT2D eigenvalue weighted by atomic mass is 10.2. The molecule has 1 N–H and O–H groups in total. The van der Waals surface area contributed by atoms with Crippen molar-refractivity contribution in [1.29, 1.82) is 0 Å². The van der Waals surface area contributed by atoms with Crippen molar-refractivity contribution in [2.75, 3.05) is 7.11 Å². The minimum Gasteiger partial charge on any atom is -0.479 e. The van der Waals surface area contributed by atoms with Gasteiger partial charge < -0.3 is 14.8 Å². The zero-order valence-electron chi connectivity index (χ0n) is 10.9. The summed E-state index contributed by atoms with van der Waals surface area (Å²) in [6.07, 6.45) is 0.873. The van der Waals surface area contributed by atoms with Crippen LogP contribution in [0, 0.1) is 5.82 Å². The Morgan fingerprint density at radius 1 is 1.50 bits per heavy atom. The average molecular weight is 256 g/mol. The number of aromatic nitrogens is 1. The molecule has 1 aromatic rings. The number of carbonyl (C=O) groups is 1. The molecule has 0 aliphatic heterocycles. The molecule has 1 amide bonds. The lowest BCUT2D eigenvalue weighted by Crippen LogP contribution is -2.32. The van der Waals surface area contributed by atoms with E-state index in [1.54, 1.807) is 20.8 Å². The maximum absolute atomic E-state index is 13.3. The molecule has 1 heterocycles. The maximum Gasteiger partial charge on any atom is 0.407 e. The molecule has 1 rings (SSSR count). The smallest absolute Gasteiger partial charge is 0.407 e. The zero-order chi connectivity index (χ0) is 13.8. The van der Waals surface area contributed by atoms with E-state index in [1.165, 1.54) is 19.4 Å². The highest BCUT2D eigenvalue weighted by atomic mass is 19.1. The van der Waals surface area contributed by atoms with Crippen LogP contribution in [0.25, 0.3) is 0 Å². The third kappa shape index (κ3) is 4.57. The third-order valence-corrected chi connectivity index (χ3v) is 1.89. The van der Waals surface area contributed by atoms with Gasteiger partial charge in [0, 0.05) is 12.7 Å². The fraction of sp³-hybridized carbons (Fsp3) is 0.500. The fourth-order valence-electron chi connectivity index (χ4n) is 1.20. The Bertz CT molecular complexity index is 430. The van der Waals surface area contributed by atoms with Crippen molar-refractivity contribution in [3.05, 3.63) is 23.6 Å². The van der Waals surface area contributed by atoms with Crippen molar-refractivity contribution in [2.45, 2.75) is 32.9 Å². The molecule has 5 nitrogen and oxygen atoms in total. The second-order valence-electron chi connectivity index (χ2n) is 4.69. The van der Waals surface area contributed by atoms with Crippen LogP contribution in [0.15, 0.2) is 12.3 Å². The van der Waals surface area contributed by atoms with Gasteiger partial charge in [-0.3, -0.25) is 0 Å². The Kier molecular flexibility index (Phi) is 4.47. The molecule has 0 aliphatic rings. The summed E-state index contributed by atoms with van der Waals surface area (Å²) >= 11 is 0. The molecule has 0 fully saturated rings. The molecule has 0 aliphatic carbocycles. The van der Waals surface area contributed by atoms with E-state index in [2.05, 4.69) is 10.3 Å². The Morgan fingerprint density at radius 2 is 2.17 bits per heavy atom. The molecule has 0 unspecified atom stereocenters. The Balaban J connectivity index is 2.54. The quantitative estimate of drug-likeness (QED) is 0.901. The van der Waals surface area contributed by atoms with Crippen LogP contribution in [0.4, 0.5) is 9.18 Å². The highest BCUT2D eigenvalue weighted by Gasteiger charge is 2.15. The standard InChI is InChI=1S/C12H17FN2O3/c1-12(2,3)18-11(16)15-7-8-5-9(13)10(17-4)14-6-8/h5-6H,7H2,1-4H3,(H,15,16). The number of carbonyl (C=O) groups excluding carboxylic acids is 1. The molecule has 18 heavy (non-hydrogen) atoms. The first-order valence-corrected chi connectivity index (χ1v) is 5.47. The minimum absolute atomic E-state index is 0.0731. The number of hydrogen-bond donors (Lipinski definition) is 1. The van der Waals surface area contributed by atoms with Gasteiger partial charge in [-0.05, 0) is 32.4 Å². The number of methoxy groups -OCH3 is 1. The number of halogens is 1. The maximum atomic E-state index is 13.3. The molecule has 6 heteroatoms. The molecule has 0 aromatic carbocycles. The second-order valence-corrected chi connectivity index (χ2v) is 4.69. The molecular weight excluding hydrogens is 239 g/mol. The number of alkyl carbamates (subject to hydrolysis) is 1. The largest absolute Gasteiger partial charge is 0.479 e. The predicted molar refractivity (Wildman–Crippen MR) is 63.8 cm³/mol. The summed E-state index contributed by atoms with van der Waals surface area (Å²) in [5, 5.41) is 2.51. The van der Waals surface area contributed by atoms with Gasteiger partial charge in [-0.25, -0.2) is 14.2 Å². The van der Waals surface area contributed by atoms with Gasteiger partial charge in [0.05, 0.1) is 7.11 Å². The first kappa shape index (κ1) is 14.2. The highest BCUT2D eigenvalue weighted by molar-refractivity contribution is 5.67. The molecular formula is C12H17FN2O3. The van der Waals surface area contributed by atoms with E-state index in [-0.39, 0.29) is 12.4 Å². The SMILES string of the molecule is COc1ncc(CNC(=O)OC(C)(C)C)cc1F. The minimum atomic E-state index is -0.569. The van der Waals surface area contributed by atoms with Crippen molar-refractivity contribution in [2.24, 2.45) is 0 Å². The molecule has 0 atom stereocenters. The number of nitrogens with zero attached hydrogens (tertiary/aromatic N) is 1. The lowest BCUT2D eigenvalue weighted by Gasteiger charge is -2.19. The van der Waals surface area contributed by atoms with Gasteiger partial charge in [-0.1, -0.05) is 0 Å². The highest BCUT2D eigenvalue weighted by Crippen LogP contribution is 2.13. The summed E-state index contributed by atoms with van der Waals surface area (Å²) in [6.45, 7) is 5.44. The van der Waals surface area contributed by atoms with E-state index >= 15 is 0 Å². The van der Waals surface area contributed by atoms with Crippen LogP contribution < -0.4 is 10.1 Å². The predicted octanol–water partition coefficient (Wildman–Crippen LogP) is 2.25. The van der Waals surface area contributed by atoms with Gasteiger partial charge in [0.15, 0.2) is 5.82 Å². The Labute approximate surface area is 105 Å². The van der Waals surface area contributed by atoms with Gasteiger partial charge in [0.2, 0.25) is 5.88 Å². The van der Waals surface area contributed by atoms with Crippen LogP contribution in [0.2, 0.25) is 0 Å². The average Bonchev–Trinajstić information content (AvgIpc) is 2.24. The number of ether oxygens (including phenoxy) is 2. The number of pyridine rings is 1. The first-order valence-electron chi connectivity index (χ1n) is 5.47. The van der Waals surface area contributed by atoms with Crippen LogP contribution >= 0.6 is 0 Å². The van der Waals surface area contributed by atoms with Crippen molar-refractivity contribution >= 4 is 6.09 Å². The Hall–Kier alpha value is -1.85. The number of amides is 1. The summed E-state index contributed by atoms with van der Waals surface area (Å²) in [6, 6.07) is 1.25. The summed E-state index contributed by atoms with van der Waals surface area (Å²) in [5.74, 6) is -0.642. The molecule has 0 radical (unpaired) electrons. The van der Waals surface area contributed by atoms with E-state index in [9.17, 15) is 9.18 Å². The van der Waals surface area contributed by atoms with Gasteiger partial charge in [0.25, 0.3) is 0 Å². The van der Waals surface area contributed by atoms with E-state index in [1.807, 2.05) is 0 Å². The Morgan fingerprint density at radius 3 is 2.67 bits per heavy atom. The number of hydrogen-bond acceptors (Lipinski definition) is 4. The zero-order valence-corrected chi connectivity index (χ0v) is 10.9. The van der Waals surface area contributed by atoms with Crippen LogP contribution in [0.3, 0.4) is 0 Å². The van der Waals surface area contributed by atoms with Crippen molar-refractivity contribution in [1.82, 2.24) is 10.3 Å².